The molecule has 2 atom stereocenters. The second kappa shape index (κ2) is 8.91. The summed E-state index contributed by atoms with van der Waals surface area (Å²) in [5.74, 6) is 0.413. The van der Waals surface area contributed by atoms with Crippen LogP contribution in [-0.2, 0) is 22.5 Å². The zero-order chi connectivity index (χ0) is 22.1. The van der Waals surface area contributed by atoms with Gasteiger partial charge >= 0.3 is 5.97 Å². The van der Waals surface area contributed by atoms with Crippen molar-refractivity contribution in [1.29, 1.82) is 5.26 Å². The van der Waals surface area contributed by atoms with E-state index in [4.69, 9.17) is 19.5 Å². The third-order valence-electron chi connectivity index (χ3n) is 6.76. The third kappa shape index (κ3) is 4.09. The summed E-state index contributed by atoms with van der Waals surface area (Å²) in [4.78, 5) is 16.7. The Hall–Kier alpha value is -2.92. The first-order valence-corrected chi connectivity index (χ1v) is 11.1. The van der Waals surface area contributed by atoms with Crippen LogP contribution in [0.5, 0.6) is 5.75 Å². The van der Waals surface area contributed by atoms with Gasteiger partial charge in [-0.2, -0.15) is 5.26 Å². The molecule has 3 heterocycles. The number of fused-ring (bicyclic) bond motifs is 2. The summed E-state index contributed by atoms with van der Waals surface area (Å²) in [6.07, 6.45) is 0.957. The van der Waals surface area contributed by atoms with Gasteiger partial charge in [-0.25, -0.2) is 4.79 Å². The van der Waals surface area contributed by atoms with Crippen LogP contribution in [0, 0.1) is 11.3 Å². The minimum Gasteiger partial charge on any atom is -0.495 e. The lowest BCUT2D eigenvalue weighted by Gasteiger charge is -2.46. The minimum atomic E-state index is -0.230. The molecule has 0 aliphatic carbocycles. The molecule has 2 saturated heterocycles. The highest BCUT2D eigenvalue weighted by Gasteiger charge is 2.34. The van der Waals surface area contributed by atoms with Gasteiger partial charge in [0.2, 0.25) is 0 Å². The number of methoxy groups -OCH3 is 1. The molecule has 5 rings (SSSR count). The van der Waals surface area contributed by atoms with Crippen LogP contribution < -0.4 is 4.74 Å². The molecule has 0 amide bonds. The van der Waals surface area contributed by atoms with Crippen molar-refractivity contribution in [3.8, 4) is 11.8 Å². The van der Waals surface area contributed by atoms with Crippen molar-refractivity contribution in [3.05, 3.63) is 64.2 Å². The van der Waals surface area contributed by atoms with Gasteiger partial charge in [0.05, 0.1) is 30.9 Å². The number of rotatable bonds is 5. The van der Waals surface area contributed by atoms with E-state index in [0.29, 0.717) is 36.1 Å². The van der Waals surface area contributed by atoms with Crippen LogP contribution in [0.3, 0.4) is 0 Å². The summed E-state index contributed by atoms with van der Waals surface area (Å²) in [7, 11) is 1.60. The Morgan fingerprint density at radius 2 is 2.09 bits per heavy atom. The summed E-state index contributed by atoms with van der Waals surface area (Å²) >= 11 is 0. The number of ether oxygens (including phenoxy) is 3. The lowest BCUT2D eigenvalue weighted by Crippen LogP contribution is -2.58. The van der Waals surface area contributed by atoms with Gasteiger partial charge in [0, 0.05) is 44.3 Å². The molecule has 2 fully saturated rings. The first kappa shape index (κ1) is 21.0. The molecule has 7 nitrogen and oxygen atoms in total. The van der Waals surface area contributed by atoms with Crippen molar-refractivity contribution >= 4 is 5.97 Å². The number of hydrogen-bond donors (Lipinski definition) is 0. The van der Waals surface area contributed by atoms with Gasteiger partial charge < -0.3 is 19.1 Å². The lowest BCUT2D eigenvalue weighted by atomic mass is 9.99. The molecule has 3 aliphatic heterocycles. The van der Waals surface area contributed by atoms with E-state index < -0.39 is 0 Å². The van der Waals surface area contributed by atoms with Crippen LogP contribution in [0.15, 0.2) is 36.4 Å². The number of benzene rings is 2. The first-order chi connectivity index (χ1) is 15.6. The number of carbonyl (C=O) groups is 1. The molecule has 2 aromatic rings. The molecule has 0 bridgehead atoms. The third-order valence-corrected chi connectivity index (χ3v) is 6.76. The molecule has 0 saturated carbocycles. The zero-order valence-electron chi connectivity index (χ0n) is 18.3. The summed E-state index contributed by atoms with van der Waals surface area (Å²) in [5.41, 5.74) is 4.51. The molecule has 32 heavy (non-hydrogen) atoms. The summed E-state index contributed by atoms with van der Waals surface area (Å²) in [5, 5.41) is 9.15. The average molecular weight is 434 g/mol. The van der Waals surface area contributed by atoms with E-state index in [0.717, 1.165) is 50.3 Å². The number of nitrogens with zero attached hydrogens (tertiary/aromatic N) is 3. The van der Waals surface area contributed by atoms with Crippen molar-refractivity contribution in [2.45, 2.75) is 25.2 Å². The normalized spacial score (nSPS) is 23.2. The Morgan fingerprint density at radius 1 is 1.19 bits per heavy atom. The van der Waals surface area contributed by atoms with Crippen LogP contribution in [-0.4, -0.2) is 68.3 Å². The van der Waals surface area contributed by atoms with Gasteiger partial charge in [0.25, 0.3) is 0 Å². The summed E-state index contributed by atoms with van der Waals surface area (Å²) in [6.45, 7) is 5.96. The number of hydrogen-bond acceptors (Lipinski definition) is 7. The Labute approximate surface area is 188 Å². The van der Waals surface area contributed by atoms with Crippen molar-refractivity contribution in [2.75, 3.05) is 46.4 Å². The number of carbonyl (C=O) groups excluding carboxylic acids is 1. The second-order valence-corrected chi connectivity index (χ2v) is 8.66. The van der Waals surface area contributed by atoms with E-state index in [9.17, 15) is 4.79 Å². The maximum atomic E-state index is 11.7. The van der Waals surface area contributed by atoms with E-state index in [1.807, 2.05) is 30.3 Å². The minimum absolute atomic E-state index is 0.0323. The molecule has 166 valence electrons. The van der Waals surface area contributed by atoms with Gasteiger partial charge in [0.1, 0.15) is 18.4 Å². The molecule has 0 unspecified atom stereocenters. The van der Waals surface area contributed by atoms with E-state index in [1.54, 1.807) is 7.11 Å². The fraction of sp³-hybridized carbons (Fsp3) is 0.440. The zero-order valence-corrected chi connectivity index (χ0v) is 18.3. The predicted molar refractivity (Wildman–Crippen MR) is 117 cm³/mol. The maximum Gasteiger partial charge on any atom is 0.338 e. The molecular formula is C25H27N3O4. The first-order valence-electron chi connectivity index (χ1n) is 11.1. The van der Waals surface area contributed by atoms with Crippen LogP contribution in [0.4, 0.5) is 0 Å². The van der Waals surface area contributed by atoms with Gasteiger partial charge in [-0.15, -0.1) is 0 Å². The number of nitriles is 1. The second-order valence-electron chi connectivity index (χ2n) is 8.66. The van der Waals surface area contributed by atoms with Crippen molar-refractivity contribution in [3.63, 3.8) is 0 Å². The van der Waals surface area contributed by atoms with E-state index in [-0.39, 0.29) is 12.1 Å². The highest BCUT2D eigenvalue weighted by Crippen LogP contribution is 2.30. The number of cyclic esters (lactones) is 1. The van der Waals surface area contributed by atoms with E-state index >= 15 is 0 Å². The Kier molecular flexibility index (Phi) is 5.83. The highest BCUT2D eigenvalue weighted by molar-refractivity contribution is 5.93. The van der Waals surface area contributed by atoms with Crippen LogP contribution in [0.25, 0.3) is 0 Å². The van der Waals surface area contributed by atoms with E-state index in [2.05, 4.69) is 21.9 Å². The topological polar surface area (TPSA) is 75.0 Å². The fourth-order valence-electron chi connectivity index (χ4n) is 4.88. The number of esters is 1. The van der Waals surface area contributed by atoms with Crippen LogP contribution >= 0.6 is 0 Å². The van der Waals surface area contributed by atoms with Gasteiger partial charge in [-0.05, 0) is 41.8 Å². The summed E-state index contributed by atoms with van der Waals surface area (Å²) < 4.78 is 16.7. The predicted octanol–water partition coefficient (Wildman–Crippen LogP) is 2.54. The molecule has 0 N–H and O–H groups in total. The fourth-order valence-corrected chi connectivity index (χ4v) is 4.88. The molecule has 3 aliphatic rings. The molecule has 0 spiro atoms. The Morgan fingerprint density at radius 3 is 2.94 bits per heavy atom. The van der Waals surface area contributed by atoms with Gasteiger partial charge in [0.15, 0.2) is 0 Å². The summed E-state index contributed by atoms with van der Waals surface area (Å²) in [6, 6.07) is 14.3. The standard InChI is InChI=1S/C25H27N3O4/c1-30-23-10-17(2-3-19(23)12-26)6-7-27-8-9-28-14-24(31-16-21(28)13-27)18-4-5-22-20(11-18)15-32-25(22)29/h2-5,10-11,21,24H,6-9,13-16H2,1H3/t21-,24-/m0/s1. The number of morpholine rings is 1. The maximum absolute atomic E-state index is 11.7. The highest BCUT2D eigenvalue weighted by atomic mass is 16.5. The number of piperazine rings is 1. The quantitative estimate of drug-likeness (QED) is 0.671. The SMILES string of the molecule is COc1cc(CCN2CCN3C[C@@H](c4ccc5c(c4)COC5=O)OC[C@@H]3C2)ccc1C#N. The Balaban J connectivity index is 1.16. The van der Waals surface area contributed by atoms with Crippen LogP contribution in [0.2, 0.25) is 0 Å². The van der Waals surface area contributed by atoms with E-state index in [1.165, 1.54) is 5.56 Å². The van der Waals surface area contributed by atoms with Gasteiger partial charge in [-0.1, -0.05) is 12.1 Å². The molecule has 2 aromatic carbocycles. The molecule has 7 heteroatoms. The smallest absolute Gasteiger partial charge is 0.338 e. The van der Waals surface area contributed by atoms with Crippen molar-refractivity contribution in [1.82, 2.24) is 9.80 Å². The average Bonchev–Trinajstić information content (AvgIpc) is 3.22. The lowest BCUT2D eigenvalue weighted by molar-refractivity contribution is -0.0901. The molecular weight excluding hydrogens is 406 g/mol. The largest absolute Gasteiger partial charge is 0.495 e. The van der Waals surface area contributed by atoms with Crippen LogP contribution in [0.1, 0.15) is 38.7 Å². The van der Waals surface area contributed by atoms with Gasteiger partial charge in [-0.3, -0.25) is 4.90 Å². The monoisotopic (exact) mass is 433 g/mol. The Bertz CT molecular complexity index is 1060. The molecule has 0 aromatic heterocycles. The van der Waals surface area contributed by atoms with Crippen molar-refractivity contribution in [2.24, 2.45) is 0 Å². The molecule has 0 radical (unpaired) electrons. The van der Waals surface area contributed by atoms with Crippen molar-refractivity contribution < 1.29 is 19.0 Å².